The molecule has 0 amide bonds. The molecule has 0 bridgehead atoms. The molecule has 2 rings (SSSR count). The van der Waals surface area contributed by atoms with E-state index in [0.29, 0.717) is 16.5 Å². The molecule has 0 aliphatic rings. The highest BCUT2D eigenvalue weighted by Crippen LogP contribution is 2.35. The second kappa shape index (κ2) is 6.01. The van der Waals surface area contributed by atoms with Crippen molar-refractivity contribution >= 4 is 23.4 Å². The monoisotopic (exact) mass is 287 g/mol. The Kier molecular flexibility index (Phi) is 4.35. The zero-order chi connectivity index (χ0) is 14.7. The molecule has 0 aliphatic heterocycles. The van der Waals surface area contributed by atoms with E-state index in [-0.39, 0.29) is 5.56 Å². The van der Waals surface area contributed by atoms with E-state index in [0.717, 1.165) is 4.90 Å². The van der Waals surface area contributed by atoms with Gasteiger partial charge in [0.25, 0.3) is 0 Å². The van der Waals surface area contributed by atoms with E-state index in [1.165, 1.54) is 17.3 Å². The fourth-order valence-corrected chi connectivity index (χ4v) is 2.83. The van der Waals surface area contributed by atoms with Gasteiger partial charge in [0.1, 0.15) is 0 Å². The van der Waals surface area contributed by atoms with Gasteiger partial charge in [0.05, 0.1) is 5.56 Å². The lowest BCUT2D eigenvalue weighted by atomic mass is 10.0. The molecule has 20 heavy (non-hydrogen) atoms. The Morgan fingerprint density at radius 1 is 1.15 bits per heavy atom. The van der Waals surface area contributed by atoms with Gasteiger partial charge in [0.2, 0.25) is 0 Å². The summed E-state index contributed by atoms with van der Waals surface area (Å²) in [6.07, 6.45) is 0. The summed E-state index contributed by atoms with van der Waals surface area (Å²) >= 11 is 1.38. The van der Waals surface area contributed by atoms with Crippen LogP contribution < -0.4 is 5.73 Å². The highest BCUT2D eigenvalue weighted by atomic mass is 32.2. The molecule has 0 aliphatic carbocycles. The van der Waals surface area contributed by atoms with Crippen LogP contribution in [0.1, 0.15) is 35.7 Å². The Morgan fingerprint density at radius 3 is 2.35 bits per heavy atom. The predicted octanol–water partition coefficient (Wildman–Crippen LogP) is 4.24. The molecule has 0 spiro atoms. The molecule has 0 heterocycles. The van der Waals surface area contributed by atoms with Gasteiger partial charge >= 0.3 is 5.97 Å². The number of nitrogen functional groups attached to an aromatic ring is 1. The molecule has 2 aromatic rings. The maximum Gasteiger partial charge on any atom is 0.336 e. The third kappa shape index (κ3) is 3.14. The molecule has 3 nitrogen and oxygen atoms in total. The summed E-state index contributed by atoms with van der Waals surface area (Å²) in [6, 6.07) is 13.1. The molecule has 0 fully saturated rings. The van der Waals surface area contributed by atoms with Crippen molar-refractivity contribution in [2.45, 2.75) is 29.6 Å². The Bertz CT molecular complexity index is 621. The molecule has 0 unspecified atom stereocenters. The molecule has 0 atom stereocenters. The molecule has 0 saturated heterocycles. The predicted molar refractivity (Wildman–Crippen MR) is 82.5 cm³/mol. The average Bonchev–Trinajstić information content (AvgIpc) is 2.41. The lowest BCUT2D eigenvalue weighted by molar-refractivity contribution is 0.0693. The first-order chi connectivity index (χ1) is 9.49. The zero-order valence-corrected chi connectivity index (χ0v) is 12.3. The molecule has 0 aromatic heterocycles. The van der Waals surface area contributed by atoms with Crippen LogP contribution >= 0.6 is 11.8 Å². The summed E-state index contributed by atoms with van der Waals surface area (Å²) < 4.78 is 0. The van der Waals surface area contributed by atoms with E-state index in [4.69, 9.17) is 5.73 Å². The van der Waals surface area contributed by atoms with Crippen LogP contribution in [-0.4, -0.2) is 11.1 Å². The van der Waals surface area contributed by atoms with Gasteiger partial charge < -0.3 is 10.8 Å². The van der Waals surface area contributed by atoms with Crippen LogP contribution in [0.25, 0.3) is 0 Å². The van der Waals surface area contributed by atoms with Gasteiger partial charge in [-0.15, -0.1) is 0 Å². The van der Waals surface area contributed by atoms with Crippen molar-refractivity contribution in [3.05, 3.63) is 53.6 Å². The van der Waals surface area contributed by atoms with E-state index in [1.54, 1.807) is 18.2 Å². The van der Waals surface area contributed by atoms with Gasteiger partial charge in [0.15, 0.2) is 0 Å². The van der Waals surface area contributed by atoms with Crippen LogP contribution in [0.5, 0.6) is 0 Å². The Hall–Kier alpha value is -1.94. The molecule has 3 N–H and O–H groups in total. The van der Waals surface area contributed by atoms with E-state index >= 15 is 0 Å². The average molecular weight is 287 g/mol. The SMILES string of the molecule is CC(C)c1ccc(Sc2c(N)cccc2C(=O)O)cc1. The van der Waals surface area contributed by atoms with E-state index in [1.807, 2.05) is 12.1 Å². The highest BCUT2D eigenvalue weighted by molar-refractivity contribution is 7.99. The first-order valence-electron chi connectivity index (χ1n) is 6.38. The fourth-order valence-electron chi connectivity index (χ4n) is 1.88. The number of carboxylic acids is 1. The van der Waals surface area contributed by atoms with Crippen molar-refractivity contribution in [1.82, 2.24) is 0 Å². The van der Waals surface area contributed by atoms with Crippen LogP contribution in [0, 0.1) is 0 Å². The standard InChI is InChI=1S/C16H17NO2S/c1-10(2)11-6-8-12(9-7-11)20-15-13(16(18)19)4-3-5-14(15)17/h3-10H,17H2,1-2H3,(H,18,19). The van der Waals surface area contributed by atoms with E-state index < -0.39 is 5.97 Å². The number of hydrogen-bond acceptors (Lipinski definition) is 3. The summed E-state index contributed by atoms with van der Waals surface area (Å²) in [4.78, 5) is 12.8. The van der Waals surface area contributed by atoms with Crippen LogP contribution in [0.4, 0.5) is 5.69 Å². The third-order valence-corrected chi connectivity index (χ3v) is 4.21. The van der Waals surface area contributed by atoms with Crippen molar-refractivity contribution in [3.8, 4) is 0 Å². The van der Waals surface area contributed by atoms with Gasteiger partial charge in [-0.3, -0.25) is 0 Å². The summed E-state index contributed by atoms with van der Waals surface area (Å²) in [7, 11) is 0. The molecular weight excluding hydrogens is 270 g/mol. The van der Waals surface area contributed by atoms with Crippen molar-refractivity contribution < 1.29 is 9.90 Å². The third-order valence-electron chi connectivity index (χ3n) is 3.04. The van der Waals surface area contributed by atoms with E-state index in [2.05, 4.69) is 26.0 Å². The van der Waals surface area contributed by atoms with Crippen LogP contribution in [0.2, 0.25) is 0 Å². The number of anilines is 1. The molecule has 0 saturated carbocycles. The topological polar surface area (TPSA) is 63.3 Å². The quantitative estimate of drug-likeness (QED) is 0.825. The first-order valence-corrected chi connectivity index (χ1v) is 7.20. The summed E-state index contributed by atoms with van der Waals surface area (Å²) in [5.41, 5.74) is 7.89. The van der Waals surface area contributed by atoms with Gasteiger partial charge in [-0.05, 0) is 35.7 Å². The second-order valence-corrected chi connectivity index (χ2v) is 5.94. The Morgan fingerprint density at radius 2 is 1.80 bits per heavy atom. The molecule has 2 aromatic carbocycles. The highest BCUT2D eigenvalue weighted by Gasteiger charge is 2.13. The summed E-state index contributed by atoms with van der Waals surface area (Å²) in [5, 5.41) is 9.22. The number of aromatic carboxylic acids is 1. The first kappa shape index (κ1) is 14.5. The van der Waals surface area contributed by atoms with E-state index in [9.17, 15) is 9.90 Å². The number of carbonyl (C=O) groups is 1. The second-order valence-electron chi connectivity index (χ2n) is 4.85. The minimum atomic E-state index is -0.960. The van der Waals surface area contributed by atoms with Gasteiger partial charge in [0, 0.05) is 15.5 Å². The molecule has 104 valence electrons. The maximum atomic E-state index is 11.2. The normalized spacial score (nSPS) is 10.8. The van der Waals surface area contributed by atoms with Crippen molar-refractivity contribution in [2.75, 3.05) is 5.73 Å². The van der Waals surface area contributed by atoms with Crippen molar-refractivity contribution in [1.29, 1.82) is 0 Å². The lowest BCUT2D eigenvalue weighted by Gasteiger charge is -2.10. The van der Waals surface area contributed by atoms with Crippen molar-refractivity contribution in [3.63, 3.8) is 0 Å². The summed E-state index contributed by atoms with van der Waals surface area (Å²) in [6.45, 7) is 4.28. The van der Waals surface area contributed by atoms with Gasteiger partial charge in [-0.25, -0.2) is 4.79 Å². The lowest BCUT2D eigenvalue weighted by Crippen LogP contribution is -2.01. The summed E-state index contributed by atoms with van der Waals surface area (Å²) in [5.74, 6) is -0.482. The maximum absolute atomic E-state index is 11.2. The number of rotatable bonds is 4. The van der Waals surface area contributed by atoms with Crippen LogP contribution in [0.3, 0.4) is 0 Å². The minimum absolute atomic E-state index is 0.239. The number of carboxylic acid groups (broad SMARTS) is 1. The molecule has 0 radical (unpaired) electrons. The zero-order valence-electron chi connectivity index (χ0n) is 11.5. The number of hydrogen-bond donors (Lipinski definition) is 2. The molecular formula is C16H17NO2S. The van der Waals surface area contributed by atoms with Gasteiger partial charge in [-0.1, -0.05) is 43.8 Å². The Balaban J connectivity index is 2.32. The fraction of sp³-hybridized carbons (Fsp3) is 0.188. The number of nitrogens with two attached hydrogens (primary N) is 1. The number of benzene rings is 2. The molecule has 4 heteroatoms. The smallest absolute Gasteiger partial charge is 0.336 e. The van der Waals surface area contributed by atoms with Crippen LogP contribution in [-0.2, 0) is 0 Å². The minimum Gasteiger partial charge on any atom is -0.478 e. The van der Waals surface area contributed by atoms with Gasteiger partial charge in [-0.2, -0.15) is 0 Å². The largest absolute Gasteiger partial charge is 0.478 e. The Labute approximate surface area is 122 Å². The van der Waals surface area contributed by atoms with Crippen molar-refractivity contribution in [2.24, 2.45) is 0 Å². The van der Waals surface area contributed by atoms with Crippen LogP contribution in [0.15, 0.2) is 52.3 Å².